The summed E-state index contributed by atoms with van der Waals surface area (Å²) in [7, 11) is 0. The monoisotopic (exact) mass is 176 g/mol. The molecule has 8 N–H and O–H groups in total. The van der Waals surface area contributed by atoms with E-state index in [2.05, 4.69) is 5.32 Å². The van der Waals surface area contributed by atoms with Crippen LogP contribution in [0.15, 0.2) is 0 Å². The maximum atomic E-state index is 5.17. The van der Waals surface area contributed by atoms with Gasteiger partial charge in [0.1, 0.15) is 0 Å². The molecule has 0 bridgehead atoms. The molecule has 0 fully saturated rings. The Morgan fingerprint density at radius 3 is 1.56 bits per heavy atom. The van der Waals surface area contributed by atoms with E-state index in [1.54, 1.807) is 0 Å². The molecule has 4 nitrogen and oxygen atoms in total. The predicted octanol–water partition coefficient (Wildman–Crippen LogP) is -1.35. The minimum Gasteiger partial charge on any atom is -0.344 e. The Labute approximate surface area is 66.8 Å². The van der Waals surface area contributed by atoms with Crippen LogP contribution in [-0.4, -0.2) is 26.2 Å². The Bertz CT molecular complexity index is 31.7. The van der Waals surface area contributed by atoms with Gasteiger partial charge in [-0.1, -0.05) is 0 Å². The molecule has 0 aliphatic rings. The fraction of sp³-hybridized carbons (Fsp3) is 1.00. The Kier molecular flexibility index (Phi) is 28.3. The van der Waals surface area contributed by atoms with Crippen molar-refractivity contribution in [1.82, 2.24) is 11.5 Å². The van der Waals surface area contributed by atoms with E-state index < -0.39 is 0 Å². The van der Waals surface area contributed by atoms with Gasteiger partial charge in [-0.2, -0.15) is 0 Å². The minimum atomic E-state index is 0. The van der Waals surface area contributed by atoms with E-state index in [-0.39, 0.29) is 23.2 Å². The average Bonchev–Trinajstić information content (AvgIpc) is 1.69. The number of nitrogens with two attached hydrogens (primary N) is 2. The Balaban J connectivity index is -0.000000180. The third kappa shape index (κ3) is 17.8. The average molecular weight is 176 g/mol. The predicted molar refractivity (Wildman–Crippen MR) is 36.0 cm³/mol. The number of rotatable bonds is 4. The van der Waals surface area contributed by atoms with Gasteiger partial charge in [0, 0.05) is 43.2 Å². The summed E-state index contributed by atoms with van der Waals surface area (Å²) in [6.45, 7) is 3.13. The van der Waals surface area contributed by atoms with Gasteiger partial charge < -0.3 is 22.9 Å². The first-order chi connectivity index (χ1) is 3.41. The second kappa shape index (κ2) is 15.8. The van der Waals surface area contributed by atoms with Gasteiger partial charge in [0.15, 0.2) is 0 Å². The zero-order valence-electron chi connectivity index (χ0n) is 5.54. The molecule has 0 heterocycles. The number of hydrogen-bond acceptors (Lipinski definition) is 4. The van der Waals surface area contributed by atoms with Gasteiger partial charge in [-0.3, -0.25) is 0 Å². The third-order valence-electron chi connectivity index (χ3n) is 0.642. The zero-order chi connectivity index (χ0) is 5.54. The molecule has 9 heavy (non-hydrogen) atoms. The number of hydrogen-bond donors (Lipinski definition) is 4. The minimum absolute atomic E-state index is 0. The normalized spacial score (nSPS) is 7.33. The van der Waals surface area contributed by atoms with Crippen molar-refractivity contribution < 1.29 is 17.1 Å². The second-order valence-corrected chi connectivity index (χ2v) is 1.33. The van der Waals surface area contributed by atoms with Gasteiger partial charge in [0.05, 0.1) is 0 Å². The molecule has 0 atom stereocenters. The molecule has 0 rings (SSSR count). The van der Waals surface area contributed by atoms with Crippen LogP contribution in [-0.2, 0) is 17.1 Å². The van der Waals surface area contributed by atoms with Crippen molar-refractivity contribution in [3.8, 4) is 0 Å². The largest absolute Gasteiger partial charge is 0.344 e. The first-order valence-corrected chi connectivity index (χ1v) is 2.52. The van der Waals surface area contributed by atoms with Crippen LogP contribution in [0.5, 0.6) is 0 Å². The molecule has 5 heteroatoms. The smallest absolute Gasteiger partial charge is 0.00750 e. The van der Waals surface area contributed by atoms with Crippen molar-refractivity contribution in [2.24, 2.45) is 11.5 Å². The summed E-state index contributed by atoms with van der Waals surface area (Å²) in [5.74, 6) is 0. The van der Waals surface area contributed by atoms with Crippen molar-refractivity contribution in [1.29, 1.82) is 0 Å². The third-order valence-corrected chi connectivity index (χ3v) is 0.642. The van der Waals surface area contributed by atoms with Crippen LogP contribution >= 0.6 is 0 Å². The first-order valence-electron chi connectivity index (χ1n) is 2.52. The van der Waals surface area contributed by atoms with Crippen molar-refractivity contribution >= 4 is 0 Å². The van der Waals surface area contributed by atoms with Gasteiger partial charge >= 0.3 is 0 Å². The second-order valence-electron chi connectivity index (χ2n) is 1.33. The van der Waals surface area contributed by atoms with Gasteiger partial charge in [-0.15, -0.1) is 0 Å². The molecule has 0 saturated carbocycles. The van der Waals surface area contributed by atoms with E-state index in [4.69, 9.17) is 11.5 Å². The summed E-state index contributed by atoms with van der Waals surface area (Å²) < 4.78 is 0. The summed E-state index contributed by atoms with van der Waals surface area (Å²) in [6, 6.07) is 0. The molecule has 0 aromatic carbocycles. The van der Waals surface area contributed by atoms with Crippen molar-refractivity contribution in [3.05, 3.63) is 0 Å². The van der Waals surface area contributed by atoms with Crippen molar-refractivity contribution in [2.75, 3.05) is 26.2 Å². The van der Waals surface area contributed by atoms with Crippen LogP contribution in [0.25, 0.3) is 0 Å². The Hall–Kier alpha value is 0.359. The summed E-state index contributed by atoms with van der Waals surface area (Å²) in [4.78, 5) is 0. The summed E-state index contributed by atoms with van der Waals surface area (Å²) in [5, 5.41) is 3.03. The quantitative estimate of drug-likeness (QED) is 0.314. The van der Waals surface area contributed by atoms with Crippen LogP contribution in [0.4, 0.5) is 0 Å². The Morgan fingerprint density at radius 1 is 1.00 bits per heavy atom. The van der Waals surface area contributed by atoms with Gasteiger partial charge in [-0.25, -0.2) is 0 Å². The Morgan fingerprint density at radius 2 is 1.33 bits per heavy atom. The fourth-order valence-corrected chi connectivity index (χ4v) is 0.329. The van der Waals surface area contributed by atoms with E-state index in [0.717, 1.165) is 13.1 Å². The molecule has 60 valence electrons. The SMILES string of the molecule is N.NCCNCCN.[Fe]. The molecule has 0 amide bonds. The summed E-state index contributed by atoms with van der Waals surface area (Å²) in [5.41, 5.74) is 10.3. The molecule has 0 aromatic rings. The molecular formula is C4H16FeN4. The van der Waals surface area contributed by atoms with E-state index in [1.807, 2.05) is 0 Å². The molecule has 0 saturated heterocycles. The molecule has 0 spiro atoms. The molecule has 0 aliphatic heterocycles. The van der Waals surface area contributed by atoms with Crippen LogP contribution in [0.2, 0.25) is 0 Å². The molecular weight excluding hydrogens is 160 g/mol. The molecule has 0 aliphatic carbocycles. The van der Waals surface area contributed by atoms with E-state index in [9.17, 15) is 0 Å². The van der Waals surface area contributed by atoms with Crippen LogP contribution in [0.1, 0.15) is 0 Å². The number of nitrogens with one attached hydrogen (secondary N) is 1. The van der Waals surface area contributed by atoms with Crippen LogP contribution < -0.4 is 22.9 Å². The van der Waals surface area contributed by atoms with Crippen molar-refractivity contribution in [2.45, 2.75) is 0 Å². The van der Waals surface area contributed by atoms with Gasteiger partial charge in [0.25, 0.3) is 0 Å². The zero-order valence-corrected chi connectivity index (χ0v) is 6.65. The molecule has 0 radical (unpaired) electrons. The van der Waals surface area contributed by atoms with Gasteiger partial charge in [-0.05, 0) is 0 Å². The van der Waals surface area contributed by atoms with E-state index in [1.165, 1.54) is 0 Å². The molecule has 0 aromatic heterocycles. The molecule has 0 unspecified atom stereocenters. The fourth-order valence-electron chi connectivity index (χ4n) is 0.329. The first kappa shape index (κ1) is 16.2. The maximum Gasteiger partial charge on any atom is 0.00750 e. The maximum absolute atomic E-state index is 5.17. The van der Waals surface area contributed by atoms with Crippen LogP contribution in [0, 0.1) is 0 Å². The van der Waals surface area contributed by atoms with E-state index >= 15 is 0 Å². The summed E-state index contributed by atoms with van der Waals surface area (Å²) >= 11 is 0. The standard InChI is InChI=1S/C4H13N3.Fe.H3N/c5-1-3-7-4-2-6;;/h7H,1-6H2;;1H3. The van der Waals surface area contributed by atoms with Gasteiger partial charge in [0.2, 0.25) is 0 Å². The topological polar surface area (TPSA) is 99.1 Å². The van der Waals surface area contributed by atoms with Crippen molar-refractivity contribution in [3.63, 3.8) is 0 Å². The van der Waals surface area contributed by atoms with Crippen LogP contribution in [0.3, 0.4) is 0 Å². The summed E-state index contributed by atoms with van der Waals surface area (Å²) in [6.07, 6.45) is 0. The van der Waals surface area contributed by atoms with E-state index in [0.29, 0.717) is 13.1 Å².